The molecule has 1 aliphatic heterocycles. The Morgan fingerprint density at radius 3 is 3.09 bits per heavy atom. The molecule has 3 heterocycles. The van der Waals surface area contributed by atoms with Gasteiger partial charge in [-0.3, -0.25) is 4.98 Å². The molecule has 2 aromatic heterocycles. The highest BCUT2D eigenvalue weighted by Crippen LogP contribution is 2.18. The molecule has 0 saturated carbocycles. The van der Waals surface area contributed by atoms with E-state index >= 15 is 0 Å². The van der Waals surface area contributed by atoms with Gasteiger partial charge in [0.15, 0.2) is 0 Å². The monoisotopic (exact) mass is 315 g/mol. The largest absolute Gasteiger partial charge is 0.487 e. The minimum absolute atomic E-state index is 0.0165. The van der Waals surface area contributed by atoms with E-state index in [9.17, 15) is 4.79 Å². The van der Waals surface area contributed by atoms with Gasteiger partial charge in [-0.25, -0.2) is 4.79 Å². The Balaban J connectivity index is 1.48. The van der Waals surface area contributed by atoms with Gasteiger partial charge in [-0.05, 0) is 32.0 Å². The highest BCUT2D eigenvalue weighted by atomic mass is 16.5. The topological polar surface area (TPSA) is 67.6 Å². The Bertz CT molecular complexity index is 669. The summed E-state index contributed by atoms with van der Waals surface area (Å²) in [5, 5.41) is 2.94. The van der Waals surface area contributed by atoms with Gasteiger partial charge in [-0.1, -0.05) is 0 Å². The van der Waals surface area contributed by atoms with Gasteiger partial charge in [0, 0.05) is 31.3 Å². The molecule has 1 aliphatic rings. The standard InChI is InChI=1S/C17H21N3O3/c1-12-8-14(13(2)22-12)9-19-17(21)20-7-5-16(11-20)23-15-4-3-6-18-10-15/h3-4,6,8,10,16H,5,7,9,11H2,1-2H3,(H,19,21). The molecule has 1 fully saturated rings. The molecule has 0 spiro atoms. The third-order valence-corrected chi connectivity index (χ3v) is 3.94. The van der Waals surface area contributed by atoms with Crippen LogP contribution in [0.25, 0.3) is 0 Å². The number of pyridine rings is 1. The Hall–Kier alpha value is -2.50. The summed E-state index contributed by atoms with van der Waals surface area (Å²) in [7, 11) is 0. The second-order valence-corrected chi connectivity index (χ2v) is 5.76. The average molecular weight is 315 g/mol. The Labute approximate surface area is 135 Å². The van der Waals surface area contributed by atoms with E-state index in [1.807, 2.05) is 32.0 Å². The minimum Gasteiger partial charge on any atom is -0.487 e. The van der Waals surface area contributed by atoms with Crippen molar-refractivity contribution in [1.82, 2.24) is 15.2 Å². The first-order valence-corrected chi connectivity index (χ1v) is 7.77. The van der Waals surface area contributed by atoms with Gasteiger partial charge in [0.1, 0.15) is 23.4 Å². The van der Waals surface area contributed by atoms with E-state index in [4.69, 9.17) is 9.15 Å². The van der Waals surface area contributed by atoms with Crippen molar-refractivity contribution in [2.24, 2.45) is 0 Å². The number of likely N-dealkylation sites (tertiary alicyclic amines) is 1. The van der Waals surface area contributed by atoms with Crippen LogP contribution < -0.4 is 10.1 Å². The fraction of sp³-hybridized carbons (Fsp3) is 0.412. The van der Waals surface area contributed by atoms with Crippen molar-refractivity contribution in [3.63, 3.8) is 0 Å². The number of amides is 2. The fourth-order valence-corrected chi connectivity index (χ4v) is 2.76. The maximum Gasteiger partial charge on any atom is 0.317 e. The summed E-state index contributed by atoms with van der Waals surface area (Å²) < 4.78 is 11.3. The van der Waals surface area contributed by atoms with Gasteiger partial charge in [0.25, 0.3) is 0 Å². The summed E-state index contributed by atoms with van der Waals surface area (Å²) in [6, 6.07) is 5.60. The normalized spacial score (nSPS) is 17.3. The lowest BCUT2D eigenvalue weighted by Gasteiger charge is -2.17. The lowest BCUT2D eigenvalue weighted by atomic mass is 10.2. The van der Waals surface area contributed by atoms with Gasteiger partial charge in [-0.15, -0.1) is 0 Å². The zero-order valence-corrected chi connectivity index (χ0v) is 13.4. The second-order valence-electron chi connectivity index (χ2n) is 5.76. The Morgan fingerprint density at radius 1 is 1.52 bits per heavy atom. The summed E-state index contributed by atoms with van der Waals surface area (Å²) in [4.78, 5) is 18.1. The van der Waals surface area contributed by atoms with Crippen LogP contribution in [0.2, 0.25) is 0 Å². The van der Waals surface area contributed by atoms with Crippen molar-refractivity contribution in [2.45, 2.75) is 32.9 Å². The third kappa shape index (κ3) is 3.83. The SMILES string of the molecule is Cc1cc(CNC(=O)N2CCC(Oc3cccnc3)C2)c(C)o1. The molecule has 0 aliphatic carbocycles. The van der Waals surface area contributed by atoms with E-state index in [1.165, 1.54) is 0 Å². The van der Waals surface area contributed by atoms with Gasteiger partial charge < -0.3 is 19.4 Å². The summed E-state index contributed by atoms with van der Waals surface area (Å²) in [5.41, 5.74) is 1.01. The molecule has 6 heteroatoms. The number of aryl methyl sites for hydroxylation is 2. The molecule has 3 rings (SSSR count). The number of nitrogens with one attached hydrogen (secondary N) is 1. The van der Waals surface area contributed by atoms with Gasteiger partial charge in [-0.2, -0.15) is 0 Å². The molecular weight excluding hydrogens is 294 g/mol. The number of urea groups is 1. The molecule has 1 N–H and O–H groups in total. The molecule has 1 atom stereocenters. The van der Waals surface area contributed by atoms with Crippen LogP contribution in [-0.4, -0.2) is 35.1 Å². The van der Waals surface area contributed by atoms with Crippen LogP contribution in [0.15, 0.2) is 35.0 Å². The molecule has 6 nitrogen and oxygen atoms in total. The van der Waals surface area contributed by atoms with Gasteiger partial charge >= 0.3 is 6.03 Å². The van der Waals surface area contributed by atoms with Crippen LogP contribution in [0.4, 0.5) is 4.79 Å². The van der Waals surface area contributed by atoms with Crippen molar-refractivity contribution < 1.29 is 13.9 Å². The number of hydrogen-bond donors (Lipinski definition) is 1. The number of nitrogens with zero attached hydrogens (tertiary/aromatic N) is 2. The number of furan rings is 1. The first-order chi connectivity index (χ1) is 11.1. The maximum atomic E-state index is 12.3. The van der Waals surface area contributed by atoms with Gasteiger partial charge in [0.05, 0.1) is 12.7 Å². The number of carbonyl (C=O) groups excluding carboxylic acids is 1. The van der Waals surface area contributed by atoms with Crippen molar-refractivity contribution >= 4 is 6.03 Å². The van der Waals surface area contributed by atoms with Crippen molar-refractivity contribution in [1.29, 1.82) is 0 Å². The maximum absolute atomic E-state index is 12.3. The fourth-order valence-electron chi connectivity index (χ4n) is 2.76. The predicted molar refractivity (Wildman–Crippen MR) is 85.3 cm³/mol. The number of hydrogen-bond acceptors (Lipinski definition) is 4. The van der Waals surface area contributed by atoms with E-state index in [1.54, 1.807) is 17.3 Å². The lowest BCUT2D eigenvalue weighted by molar-refractivity contribution is 0.186. The number of aromatic nitrogens is 1. The Kier molecular flexibility index (Phi) is 4.50. The minimum atomic E-state index is -0.0689. The predicted octanol–water partition coefficient (Wildman–Crippen LogP) is 2.65. The number of rotatable bonds is 4. The van der Waals surface area contributed by atoms with Crippen molar-refractivity contribution in [3.05, 3.63) is 47.7 Å². The molecule has 1 saturated heterocycles. The van der Waals surface area contributed by atoms with Crippen LogP contribution in [0.5, 0.6) is 5.75 Å². The highest BCUT2D eigenvalue weighted by Gasteiger charge is 2.27. The quantitative estimate of drug-likeness (QED) is 0.942. The van der Waals surface area contributed by atoms with Crippen LogP contribution in [0, 0.1) is 13.8 Å². The Morgan fingerprint density at radius 2 is 2.39 bits per heavy atom. The van der Waals surface area contributed by atoms with E-state index in [2.05, 4.69) is 10.3 Å². The molecule has 23 heavy (non-hydrogen) atoms. The van der Waals surface area contributed by atoms with Crippen LogP contribution in [0.3, 0.4) is 0 Å². The zero-order valence-electron chi connectivity index (χ0n) is 13.4. The molecular formula is C17H21N3O3. The van der Waals surface area contributed by atoms with E-state index in [0.717, 1.165) is 29.3 Å². The van der Waals surface area contributed by atoms with Crippen LogP contribution in [-0.2, 0) is 6.54 Å². The van der Waals surface area contributed by atoms with Gasteiger partial charge in [0.2, 0.25) is 0 Å². The first-order valence-electron chi connectivity index (χ1n) is 7.77. The summed E-state index contributed by atoms with van der Waals surface area (Å²) in [6.45, 7) is 5.57. The first kappa shape index (κ1) is 15.4. The summed E-state index contributed by atoms with van der Waals surface area (Å²) in [6.07, 6.45) is 4.24. The molecule has 0 bridgehead atoms. The molecule has 0 radical (unpaired) electrons. The second kappa shape index (κ2) is 6.73. The lowest BCUT2D eigenvalue weighted by Crippen LogP contribution is -2.39. The van der Waals surface area contributed by atoms with E-state index in [0.29, 0.717) is 19.6 Å². The number of carbonyl (C=O) groups is 1. The third-order valence-electron chi connectivity index (χ3n) is 3.94. The smallest absolute Gasteiger partial charge is 0.317 e. The molecule has 122 valence electrons. The van der Waals surface area contributed by atoms with E-state index < -0.39 is 0 Å². The molecule has 2 amide bonds. The molecule has 2 aromatic rings. The number of ether oxygens (including phenoxy) is 1. The molecule has 0 aromatic carbocycles. The summed E-state index contributed by atoms with van der Waals surface area (Å²) in [5.74, 6) is 2.45. The molecule has 1 unspecified atom stereocenters. The van der Waals surface area contributed by atoms with Crippen LogP contribution in [0.1, 0.15) is 23.5 Å². The van der Waals surface area contributed by atoms with Crippen molar-refractivity contribution in [2.75, 3.05) is 13.1 Å². The van der Waals surface area contributed by atoms with Crippen molar-refractivity contribution in [3.8, 4) is 5.75 Å². The zero-order chi connectivity index (χ0) is 16.2. The summed E-state index contributed by atoms with van der Waals surface area (Å²) >= 11 is 0. The highest BCUT2D eigenvalue weighted by molar-refractivity contribution is 5.74. The average Bonchev–Trinajstić information content (AvgIpc) is 3.12. The van der Waals surface area contributed by atoms with Crippen LogP contribution >= 0.6 is 0 Å². The van der Waals surface area contributed by atoms with E-state index in [-0.39, 0.29) is 12.1 Å².